The Morgan fingerprint density at radius 2 is 1.24 bits per heavy atom. The van der Waals surface area contributed by atoms with Gasteiger partial charge in [-0.3, -0.25) is 0 Å². The van der Waals surface area contributed by atoms with Crippen molar-refractivity contribution in [3.8, 4) is 0 Å². The van der Waals surface area contributed by atoms with Gasteiger partial charge in [0.15, 0.2) is 0 Å². The molecule has 0 saturated carbocycles. The number of hydrogen-bond donors (Lipinski definition) is 0. The molecule has 3 rings (SSSR count). The minimum atomic E-state index is -0.457. The third-order valence-electron chi connectivity index (χ3n) is 4.88. The molecule has 0 spiro atoms. The van der Waals surface area contributed by atoms with E-state index in [1.165, 1.54) is 0 Å². The maximum Gasteiger partial charge on any atom is 0.495 e. The number of halogens is 2. The van der Waals surface area contributed by atoms with Crippen LogP contribution in [0.4, 0.5) is 0 Å². The fraction of sp³-hybridized carbons (Fsp3) is 0.300. The SMILES string of the molecule is CC1(C)OB(/C(=C/c2ccc(Cl)cc2)c2ccc(Cl)cc2)OC1(C)C. The highest BCUT2D eigenvalue weighted by atomic mass is 35.5. The topological polar surface area (TPSA) is 18.5 Å². The fourth-order valence-corrected chi connectivity index (χ4v) is 2.89. The van der Waals surface area contributed by atoms with Crippen LogP contribution in [0, 0.1) is 0 Å². The van der Waals surface area contributed by atoms with Gasteiger partial charge in [-0.15, -0.1) is 0 Å². The Hall–Kier alpha value is -1.26. The molecule has 25 heavy (non-hydrogen) atoms. The van der Waals surface area contributed by atoms with Gasteiger partial charge in [0.05, 0.1) is 11.2 Å². The molecule has 0 N–H and O–H groups in total. The summed E-state index contributed by atoms with van der Waals surface area (Å²) >= 11 is 12.0. The summed E-state index contributed by atoms with van der Waals surface area (Å²) in [5.41, 5.74) is 2.20. The van der Waals surface area contributed by atoms with Gasteiger partial charge in [-0.1, -0.05) is 53.5 Å². The molecule has 1 heterocycles. The lowest BCUT2D eigenvalue weighted by Crippen LogP contribution is -2.41. The van der Waals surface area contributed by atoms with E-state index in [1.807, 2.05) is 48.5 Å². The van der Waals surface area contributed by atoms with E-state index < -0.39 is 18.3 Å². The lowest BCUT2D eigenvalue weighted by Gasteiger charge is -2.32. The lowest BCUT2D eigenvalue weighted by molar-refractivity contribution is 0.00578. The molecule has 0 radical (unpaired) electrons. The molecule has 1 fully saturated rings. The summed E-state index contributed by atoms with van der Waals surface area (Å²) in [6.07, 6.45) is 2.07. The van der Waals surface area contributed by atoms with Crippen LogP contribution in [0.15, 0.2) is 48.5 Å². The maximum atomic E-state index is 6.26. The quantitative estimate of drug-likeness (QED) is 0.472. The maximum absolute atomic E-state index is 6.26. The van der Waals surface area contributed by atoms with Crippen molar-refractivity contribution in [1.82, 2.24) is 0 Å². The van der Waals surface area contributed by atoms with Crippen molar-refractivity contribution in [1.29, 1.82) is 0 Å². The average molecular weight is 375 g/mol. The van der Waals surface area contributed by atoms with Crippen LogP contribution in [0.3, 0.4) is 0 Å². The minimum Gasteiger partial charge on any atom is -0.399 e. The molecule has 1 aliphatic rings. The van der Waals surface area contributed by atoms with E-state index in [2.05, 4.69) is 33.8 Å². The molecule has 130 valence electrons. The summed E-state index contributed by atoms with van der Waals surface area (Å²) in [7, 11) is -0.457. The van der Waals surface area contributed by atoms with Crippen LogP contribution in [0.1, 0.15) is 38.8 Å². The van der Waals surface area contributed by atoms with Gasteiger partial charge in [-0.2, -0.15) is 0 Å². The summed E-state index contributed by atoms with van der Waals surface area (Å²) in [6.45, 7) is 8.20. The Labute approximate surface area is 159 Å². The van der Waals surface area contributed by atoms with Crippen molar-refractivity contribution in [3.63, 3.8) is 0 Å². The minimum absolute atomic E-state index is 0.400. The molecule has 5 heteroatoms. The van der Waals surface area contributed by atoms with Gasteiger partial charge in [0.2, 0.25) is 0 Å². The van der Waals surface area contributed by atoms with Crippen LogP contribution in [-0.4, -0.2) is 18.3 Å². The van der Waals surface area contributed by atoms with Crippen LogP contribution >= 0.6 is 23.2 Å². The van der Waals surface area contributed by atoms with Gasteiger partial charge < -0.3 is 9.31 Å². The molecule has 0 unspecified atom stereocenters. The average Bonchev–Trinajstić information content (AvgIpc) is 2.76. The Morgan fingerprint density at radius 1 is 0.800 bits per heavy atom. The highest BCUT2D eigenvalue weighted by Crippen LogP contribution is 2.41. The Kier molecular flexibility index (Phi) is 5.05. The zero-order chi connectivity index (χ0) is 18.2. The third-order valence-corrected chi connectivity index (χ3v) is 5.38. The van der Waals surface area contributed by atoms with E-state index in [0.717, 1.165) is 16.6 Å². The largest absolute Gasteiger partial charge is 0.495 e. The number of benzene rings is 2. The van der Waals surface area contributed by atoms with E-state index in [4.69, 9.17) is 32.5 Å². The second kappa shape index (κ2) is 6.81. The molecule has 0 bridgehead atoms. The van der Waals surface area contributed by atoms with E-state index in [0.29, 0.717) is 10.0 Å². The van der Waals surface area contributed by atoms with Crippen LogP contribution < -0.4 is 0 Å². The van der Waals surface area contributed by atoms with Gasteiger partial charge in [-0.05, 0) is 68.6 Å². The van der Waals surface area contributed by atoms with E-state index in [-0.39, 0.29) is 0 Å². The third kappa shape index (κ3) is 3.96. The summed E-state index contributed by atoms with van der Waals surface area (Å²) in [5.74, 6) is 0. The molecule has 0 amide bonds. The van der Waals surface area contributed by atoms with E-state index in [1.54, 1.807) is 0 Å². The molecule has 2 nitrogen and oxygen atoms in total. The van der Waals surface area contributed by atoms with Crippen LogP contribution in [0.5, 0.6) is 0 Å². The Bertz CT molecular complexity index is 764. The van der Waals surface area contributed by atoms with Gasteiger partial charge >= 0.3 is 7.12 Å². The molecule has 0 atom stereocenters. The van der Waals surface area contributed by atoms with E-state index in [9.17, 15) is 0 Å². The van der Waals surface area contributed by atoms with Gasteiger partial charge in [0, 0.05) is 10.0 Å². The number of rotatable bonds is 3. The van der Waals surface area contributed by atoms with Crippen LogP contribution in [0.2, 0.25) is 10.0 Å². The lowest BCUT2D eigenvalue weighted by atomic mass is 9.73. The van der Waals surface area contributed by atoms with Crippen molar-refractivity contribution < 1.29 is 9.31 Å². The van der Waals surface area contributed by atoms with Crippen molar-refractivity contribution in [2.24, 2.45) is 0 Å². The molecule has 2 aromatic rings. The summed E-state index contributed by atoms with van der Waals surface area (Å²) in [4.78, 5) is 0. The summed E-state index contributed by atoms with van der Waals surface area (Å²) in [5, 5.41) is 1.41. The highest BCUT2D eigenvalue weighted by Gasteiger charge is 2.52. The molecule has 0 aliphatic carbocycles. The molecule has 1 saturated heterocycles. The normalized spacial score (nSPS) is 19.3. The van der Waals surface area contributed by atoms with Crippen LogP contribution in [0.25, 0.3) is 11.5 Å². The summed E-state index contributed by atoms with van der Waals surface area (Å²) < 4.78 is 12.5. The molecule has 1 aliphatic heterocycles. The van der Waals surface area contributed by atoms with Gasteiger partial charge in [-0.25, -0.2) is 0 Å². The fourth-order valence-electron chi connectivity index (χ4n) is 2.64. The first-order chi connectivity index (χ1) is 11.7. The Balaban J connectivity index is 2.04. The zero-order valence-electron chi connectivity index (χ0n) is 14.8. The molecular formula is C20H21BCl2O2. The van der Waals surface area contributed by atoms with Gasteiger partial charge in [0.25, 0.3) is 0 Å². The van der Waals surface area contributed by atoms with Crippen molar-refractivity contribution in [2.75, 3.05) is 0 Å². The first kappa shape index (κ1) is 18.5. The van der Waals surface area contributed by atoms with Crippen molar-refractivity contribution >= 4 is 41.9 Å². The molecule has 0 aromatic heterocycles. The predicted molar refractivity (Wildman–Crippen MR) is 107 cm³/mol. The Morgan fingerprint density at radius 3 is 1.72 bits per heavy atom. The highest BCUT2D eigenvalue weighted by molar-refractivity contribution is 6.70. The van der Waals surface area contributed by atoms with Crippen molar-refractivity contribution in [3.05, 3.63) is 69.7 Å². The summed E-state index contributed by atoms with van der Waals surface area (Å²) in [6, 6.07) is 15.4. The van der Waals surface area contributed by atoms with Crippen molar-refractivity contribution in [2.45, 2.75) is 38.9 Å². The van der Waals surface area contributed by atoms with Crippen LogP contribution in [-0.2, 0) is 9.31 Å². The van der Waals surface area contributed by atoms with E-state index >= 15 is 0 Å². The standard InChI is InChI=1S/C20H21BCl2O2/c1-19(2)20(3,4)25-21(24-19)18(15-7-11-17(23)12-8-15)13-14-5-9-16(22)10-6-14/h5-13H,1-4H3/b18-13+. The predicted octanol–water partition coefficient (Wildman–Crippen LogP) is 6.17. The number of hydrogen-bond acceptors (Lipinski definition) is 2. The molecular weight excluding hydrogens is 354 g/mol. The second-order valence-corrected chi connectivity index (χ2v) is 8.12. The zero-order valence-corrected chi connectivity index (χ0v) is 16.4. The smallest absolute Gasteiger partial charge is 0.399 e. The molecule has 2 aromatic carbocycles. The first-order valence-electron chi connectivity index (χ1n) is 8.27. The van der Waals surface area contributed by atoms with Gasteiger partial charge in [0.1, 0.15) is 0 Å². The second-order valence-electron chi connectivity index (χ2n) is 7.25. The first-order valence-corrected chi connectivity index (χ1v) is 9.02. The monoisotopic (exact) mass is 374 g/mol.